The minimum Gasteiger partial charge on any atom is -0.487 e. The number of piperazine rings is 1. The zero-order chi connectivity index (χ0) is 40.7. The number of halogens is 3. The van der Waals surface area contributed by atoms with Gasteiger partial charge >= 0.3 is 12.2 Å². The van der Waals surface area contributed by atoms with Crippen molar-refractivity contribution in [1.82, 2.24) is 19.7 Å². The molecule has 15 heteroatoms. The van der Waals surface area contributed by atoms with Gasteiger partial charge in [-0.05, 0) is 115 Å². The lowest BCUT2D eigenvalue weighted by atomic mass is 9.83. The molecule has 2 fully saturated rings. The summed E-state index contributed by atoms with van der Waals surface area (Å²) < 4.78 is 23.6. The lowest BCUT2D eigenvalue weighted by Gasteiger charge is -2.51. The van der Waals surface area contributed by atoms with Gasteiger partial charge in [0.15, 0.2) is 5.75 Å². The summed E-state index contributed by atoms with van der Waals surface area (Å²) in [5.41, 5.74) is 2.38. The van der Waals surface area contributed by atoms with Crippen molar-refractivity contribution in [2.45, 2.75) is 111 Å². The highest BCUT2D eigenvalue weighted by Crippen LogP contribution is 2.44. The summed E-state index contributed by atoms with van der Waals surface area (Å²) in [7, 11) is 0. The highest BCUT2D eigenvalue weighted by molar-refractivity contribution is 7.14. The zero-order valence-electron chi connectivity index (χ0n) is 33.0. The maximum Gasteiger partial charge on any atom is 0.411 e. The van der Waals surface area contributed by atoms with E-state index in [4.69, 9.17) is 53.8 Å². The number of carbonyl (C=O) groups is 3. The Kier molecular flexibility index (Phi) is 12.5. The summed E-state index contributed by atoms with van der Waals surface area (Å²) in [5, 5.41) is 1.83. The maximum atomic E-state index is 15.3. The second kappa shape index (κ2) is 16.6. The summed E-state index contributed by atoms with van der Waals surface area (Å²) in [5.74, 6) is 0.161. The number of amides is 3. The average molecular weight is 848 g/mol. The number of aryl methyl sites for hydroxylation is 1. The van der Waals surface area contributed by atoms with Gasteiger partial charge in [0.1, 0.15) is 24.4 Å². The summed E-state index contributed by atoms with van der Waals surface area (Å²) in [6.45, 7) is 15.6. The van der Waals surface area contributed by atoms with Crippen LogP contribution in [0.15, 0.2) is 42.1 Å². The summed E-state index contributed by atoms with van der Waals surface area (Å²) in [6.07, 6.45) is 2.60. The molecule has 3 aromatic rings. The van der Waals surface area contributed by atoms with E-state index in [0.29, 0.717) is 38.1 Å². The zero-order valence-corrected chi connectivity index (χ0v) is 36.1. The Bertz CT molecular complexity index is 2000. The molecular weight excluding hydrogens is 799 g/mol. The Hall–Kier alpha value is -3.71. The first-order valence-electron chi connectivity index (χ1n) is 18.7. The number of carbonyl (C=O) groups excluding carboxylic acids is 3. The number of hydrogen-bond donors (Lipinski definition) is 0. The molecule has 56 heavy (non-hydrogen) atoms. The van der Waals surface area contributed by atoms with Gasteiger partial charge in [0, 0.05) is 42.5 Å². The van der Waals surface area contributed by atoms with Crippen molar-refractivity contribution in [2.24, 2.45) is 0 Å². The van der Waals surface area contributed by atoms with E-state index in [0.717, 1.165) is 40.0 Å². The van der Waals surface area contributed by atoms with Crippen LogP contribution in [0.25, 0.3) is 5.57 Å². The van der Waals surface area contributed by atoms with Gasteiger partial charge in [0.2, 0.25) is 0 Å². The number of aromatic nitrogens is 1. The van der Waals surface area contributed by atoms with Crippen LogP contribution in [0.4, 0.5) is 9.59 Å². The van der Waals surface area contributed by atoms with Gasteiger partial charge in [-0.1, -0.05) is 58.3 Å². The molecule has 3 amide bonds. The highest BCUT2D eigenvalue weighted by Gasteiger charge is 2.51. The molecule has 302 valence electrons. The minimum atomic E-state index is -0.835. The van der Waals surface area contributed by atoms with Crippen molar-refractivity contribution in [3.05, 3.63) is 78.7 Å². The van der Waals surface area contributed by atoms with Crippen LogP contribution in [0.5, 0.6) is 10.9 Å². The number of benzene rings is 2. The Morgan fingerprint density at radius 1 is 0.893 bits per heavy atom. The van der Waals surface area contributed by atoms with E-state index >= 15 is 4.79 Å². The molecule has 1 saturated carbocycles. The fourth-order valence-corrected chi connectivity index (χ4v) is 8.71. The van der Waals surface area contributed by atoms with Gasteiger partial charge in [0.25, 0.3) is 11.1 Å². The van der Waals surface area contributed by atoms with E-state index in [1.165, 1.54) is 11.3 Å². The summed E-state index contributed by atoms with van der Waals surface area (Å²) in [4.78, 5) is 53.4. The molecule has 3 heterocycles. The largest absolute Gasteiger partial charge is 0.487 e. The van der Waals surface area contributed by atoms with E-state index in [2.05, 4.69) is 4.98 Å². The smallest absolute Gasteiger partial charge is 0.411 e. The van der Waals surface area contributed by atoms with Crippen LogP contribution in [-0.2, 0) is 20.8 Å². The average Bonchev–Trinajstić information content (AvgIpc) is 3.82. The third-order valence-electron chi connectivity index (χ3n) is 9.59. The van der Waals surface area contributed by atoms with Crippen molar-refractivity contribution in [1.29, 1.82) is 0 Å². The molecule has 0 radical (unpaired) electrons. The lowest BCUT2D eigenvalue weighted by Crippen LogP contribution is -2.66. The molecule has 2 atom stereocenters. The van der Waals surface area contributed by atoms with Crippen molar-refractivity contribution in [3.63, 3.8) is 0 Å². The molecule has 2 unspecified atom stereocenters. The van der Waals surface area contributed by atoms with Gasteiger partial charge in [0.05, 0.1) is 27.0 Å². The third-order valence-corrected chi connectivity index (χ3v) is 11.5. The highest BCUT2D eigenvalue weighted by atomic mass is 35.5. The van der Waals surface area contributed by atoms with Crippen LogP contribution < -0.4 is 9.47 Å². The molecule has 3 aliphatic rings. The van der Waals surface area contributed by atoms with E-state index in [1.807, 2.05) is 57.7 Å². The molecule has 0 spiro atoms. The molecule has 1 aromatic heterocycles. The van der Waals surface area contributed by atoms with Crippen molar-refractivity contribution < 1.29 is 33.3 Å². The normalized spacial score (nSPS) is 18.5. The van der Waals surface area contributed by atoms with Gasteiger partial charge in [-0.2, -0.15) is 0 Å². The third kappa shape index (κ3) is 9.86. The number of ether oxygens (including phenoxy) is 4. The standard InChI is InChI=1S/C41H49Cl3N4O7S/c1-23-16-30(43)35(31(44)17-23)52-14-15-53-37-45-19-33(56-37)28-18-27-21-46(38(50)54-40(3,4)5)22-32(48(27)39(51)55-41(6,7)8)34(28)36(49)47(26-12-13-26)20-25-10-9-11-29(42)24(25)2/h9-11,16-17,19,26-27,32H,12-15,18,20-22H2,1-8H3. The molecule has 2 bridgehead atoms. The van der Waals surface area contributed by atoms with Crippen LogP contribution in [-0.4, -0.2) is 93.4 Å². The quantitative estimate of drug-likeness (QED) is 0.186. The van der Waals surface area contributed by atoms with Crippen LogP contribution in [0.2, 0.25) is 15.1 Å². The number of rotatable bonds is 10. The molecule has 2 aliphatic heterocycles. The maximum absolute atomic E-state index is 15.3. The van der Waals surface area contributed by atoms with E-state index in [1.54, 1.807) is 48.9 Å². The molecule has 11 nitrogen and oxygen atoms in total. The lowest BCUT2D eigenvalue weighted by molar-refractivity contribution is -0.129. The molecule has 0 N–H and O–H groups in total. The SMILES string of the molecule is Cc1cc(Cl)c(OCCOc2ncc(C3=C(C(=O)N(Cc4cccc(Cl)c4C)C4CC4)C4CN(C(=O)OC(C)(C)C)CC(C3)N4C(=O)OC(C)(C)C)s2)c(Cl)c1. The fourth-order valence-electron chi connectivity index (χ4n) is 6.96. The van der Waals surface area contributed by atoms with Crippen molar-refractivity contribution >= 4 is 69.8 Å². The van der Waals surface area contributed by atoms with Gasteiger partial charge in [-0.15, -0.1) is 0 Å². The first-order valence-corrected chi connectivity index (χ1v) is 20.7. The number of thiazole rings is 1. The van der Waals surface area contributed by atoms with Gasteiger partial charge in [-0.25, -0.2) is 14.6 Å². The first kappa shape index (κ1) is 41.9. The molecule has 1 saturated heterocycles. The predicted molar refractivity (Wildman–Crippen MR) is 219 cm³/mol. The summed E-state index contributed by atoms with van der Waals surface area (Å²) in [6, 6.07) is 7.90. The Morgan fingerprint density at radius 3 is 2.18 bits per heavy atom. The first-order chi connectivity index (χ1) is 26.3. The Morgan fingerprint density at radius 2 is 1.54 bits per heavy atom. The molecule has 1 aliphatic carbocycles. The number of nitrogens with zero attached hydrogens (tertiary/aromatic N) is 4. The van der Waals surface area contributed by atoms with E-state index in [-0.39, 0.29) is 44.7 Å². The van der Waals surface area contributed by atoms with Crippen LogP contribution in [0, 0.1) is 13.8 Å². The van der Waals surface area contributed by atoms with Crippen LogP contribution >= 0.6 is 46.1 Å². The van der Waals surface area contributed by atoms with Crippen LogP contribution in [0.1, 0.15) is 82.4 Å². The number of fused-ring (bicyclic) bond motifs is 2. The Labute approximate surface area is 347 Å². The second-order valence-corrected chi connectivity index (χ2v) is 18.7. The van der Waals surface area contributed by atoms with Crippen LogP contribution in [0.3, 0.4) is 0 Å². The monoisotopic (exact) mass is 846 g/mol. The van der Waals surface area contributed by atoms with E-state index in [9.17, 15) is 9.59 Å². The minimum absolute atomic E-state index is 0.00349. The van der Waals surface area contributed by atoms with Crippen molar-refractivity contribution in [3.8, 4) is 10.9 Å². The molecular formula is C41H49Cl3N4O7S. The Balaban J connectivity index is 1.37. The predicted octanol–water partition coefficient (Wildman–Crippen LogP) is 9.75. The van der Waals surface area contributed by atoms with E-state index < -0.39 is 35.5 Å². The second-order valence-electron chi connectivity index (χ2n) is 16.5. The summed E-state index contributed by atoms with van der Waals surface area (Å²) >= 11 is 20.6. The topological polar surface area (TPSA) is 111 Å². The molecule has 2 aromatic carbocycles. The molecule has 6 rings (SSSR count). The van der Waals surface area contributed by atoms with Gasteiger partial charge < -0.3 is 28.7 Å². The fraction of sp³-hybridized carbons (Fsp3) is 0.512. The van der Waals surface area contributed by atoms with Gasteiger partial charge in [-0.3, -0.25) is 9.69 Å². The number of hydrogen-bond acceptors (Lipinski definition) is 9. The van der Waals surface area contributed by atoms with Crippen molar-refractivity contribution in [2.75, 3.05) is 26.3 Å².